The minimum absolute atomic E-state index is 0.343. The van der Waals surface area contributed by atoms with Gasteiger partial charge in [-0.25, -0.2) is 4.79 Å². The molecule has 1 saturated heterocycles. The Hall–Kier alpha value is -1.76. The number of halogens is 1. The first kappa shape index (κ1) is 13.7. The van der Waals surface area contributed by atoms with Gasteiger partial charge in [0.15, 0.2) is 0 Å². The van der Waals surface area contributed by atoms with Crippen LogP contribution in [-0.2, 0) is 4.79 Å². The molecule has 1 fully saturated rings. The van der Waals surface area contributed by atoms with Crippen LogP contribution in [0.2, 0.25) is 0 Å². The number of nitrogens with one attached hydrogen (secondary N) is 1. The normalized spacial score (nSPS) is 18.4. The molecular formula is C12H14BrN3O3. The summed E-state index contributed by atoms with van der Waals surface area (Å²) in [5, 5.41) is 11.7. The monoisotopic (exact) mass is 327 g/mol. The number of rotatable bonds is 2. The number of hydrogen-bond donors (Lipinski definition) is 3. The molecule has 1 unspecified atom stereocenters. The zero-order chi connectivity index (χ0) is 14.0. The lowest BCUT2D eigenvalue weighted by molar-refractivity contribution is -0.119. The van der Waals surface area contributed by atoms with Gasteiger partial charge in [0.25, 0.3) is 0 Å². The summed E-state index contributed by atoms with van der Waals surface area (Å²) in [6, 6.07) is 4.48. The summed E-state index contributed by atoms with van der Waals surface area (Å²) < 4.78 is 0.790. The van der Waals surface area contributed by atoms with Crippen molar-refractivity contribution in [1.29, 1.82) is 0 Å². The first-order valence-corrected chi connectivity index (χ1v) is 6.64. The molecule has 6 nitrogen and oxygen atoms in total. The molecule has 19 heavy (non-hydrogen) atoms. The number of nitrogens with two attached hydrogens (primary N) is 1. The molecule has 7 heteroatoms. The second kappa shape index (κ2) is 5.48. The van der Waals surface area contributed by atoms with Gasteiger partial charge in [0.05, 0.1) is 11.4 Å². The van der Waals surface area contributed by atoms with Crippen LogP contribution < -0.4 is 11.1 Å². The van der Waals surface area contributed by atoms with E-state index in [1.165, 1.54) is 0 Å². The molecule has 1 aliphatic rings. The maximum absolute atomic E-state index is 12.1. The summed E-state index contributed by atoms with van der Waals surface area (Å²) in [5.41, 5.74) is 6.69. The summed E-state index contributed by atoms with van der Waals surface area (Å²) in [5.74, 6) is -0.343. The van der Waals surface area contributed by atoms with Gasteiger partial charge in [-0.05, 0) is 31.0 Å². The van der Waals surface area contributed by atoms with Gasteiger partial charge in [-0.15, -0.1) is 0 Å². The minimum atomic E-state index is -1.07. The highest BCUT2D eigenvalue weighted by atomic mass is 79.9. The van der Waals surface area contributed by atoms with Gasteiger partial charge >= 0.3 is 6.09 Å². The molecule has 4 N–H and O–H groups in total. The fourth-order valence-electron chi connectivity index (χ4n) is 2.12. The number of hydrogen-bond acceptors (Lipinski definition) is 3. The molecule has 1 heterocycles. The Bertz CT molecular complexity index is 521. The van der Waals surface area contributed by atoms with Crippen molar-refractivity contribution >= 4 is 39.3 Å². The highest BCUT2D eigenvalue weighted by Gasteiger charge is 2.34. The number of benzene rings is 1. The first-order chi connectivity index (χ1) is 8.99. The number of likely N-dealkylation sites (tertiary alicyclic amines) is 1. The largest absolute Gasteiger partial charge is 0.465 e. The summed E-state index contributed by atoms with van der Waals surface area (Å²) in [7, 11) is 0. The Morgan fingerprint density at radius 2 is 2.21 bits per heavy atom. The topological polar surface area (TPSA) is 95.7 Å². The first-order valence-electron chi connectivity index (χ1n) is 5.84. The molecule has 0 radical (unpaired) electrons. The van der Waals surface area contributed by atoms with Gasteiger partial charge in [-0.1, -0.05) is 15.9 Å². The van der Waals surface area contributed by atoms with Crippen LogP contribution in [0, 0.1) is 0 Å². The molecule has 1 aromatic carbocycles. The smallest absolute Gasteiger partial charge is 0.407 e. The van der Waals surface area contributed by atoms with Crippen molar-refractivity contribution in [1.82, 2.24) is 4.90 Å². The molecule has 2 amide bonds. The van der Waals surface area contributed by atoms with Crippen LogP contribution in [-0.4, -0.2) is 34.6 Å². The SMILES string of the molecule is Nc1ccc(Br)cc1NC(=O)C1CCCN1C(=O)O. The average molecular weight is 328 g/mol. The molecule has 0 bridgehead atoms. The molecule has 0 aliphatic carbocycles. The summed E-state index contributed by atoms with van der Waals surface area (Å²) in [6.45, 7) is 0.390. The number of carbonyl (C=O) groups is 2. The van der Waals surface area contributed by atoms with Crippen molar-refractivity contribution < 1.29 is 14.7 Å². The number of nitrogens with zero attached hydrogens (tertiary/aromatic N) is 1. The molecule has 1 aromatic rings. The van der Waals surface area contributed by atoms with Crippen molar-refractivity contribution in [3.63, 3.8) is 0 Å². The van der Waals surface area contributed by atoms with E-state index in [9.17, 15) is 9.59 Å². The zero-order valence-electron chi connectivity index (χ0n) is 10.1. The van der Waals surface area contributed by atoms with E-state index in [4.69, 9.17) is 10.8 Å². The van der Waals surface area contributed by atoms with Crippen LogP contribution in [0.4, 0.5) is 16.2 Å². The van der Waals surface area contributed by atoms with E-state index >= 15 is 0 Å². The summed E-state index contributed by atoms with van der Waals surface area (Å²) in [4.78, 5) is 24.3. The molecular weight excluding hydrogens is 314 g/mol. The fraction of sp³-hybridized carbons (Fsp3) is 0.333. The standard InChI is InChI=1S/C12H14BrN3O3/c13-7-3-4-8(14)9(6-7)15-11(17)10-2-1-5-16(10)12(18)19/h3-4,6,10H,1-2,5,14H2,(H,15,17)(H,18,19). The summed E-state index contributed by atoms with van der Waals surface area (Å²) in [6.07, 6.45) is 0.157. The lowest BCUT2D eigenvalue weighted by atomic mass is 10.2. The lowest BCUT2D eigenvalue weighted by Crippen LogP contribution is -2.42. The Morgan fingerprint density at radius 3 is 2.89 bits per heavy atom. The quantitative estimate of drug-likeness (QED) is 0.725. The zero-order valence-corrected chi connectivity index (χ0v) is 11.7. The van der Waals surface area contributed by atoms with Crippen LogP contribution >= 0.6 is 15.9 Å². The second-order valence-electron chi connectivity index (χ2n) is 4.35. The molecule has 0 saturated carbocycles. The highest BCUT2D eigenvalue weighted by molar-refractivity contribution is 9.10. The van der Waals surface area contributed by atoms with Gasteiger partial charge in [-0.2, -0.15) is 0 Å². The average Bonchev–Trinajstić information content (AvgIpc) is 2.83. The number of nitrogen functional groups attached to an aromatic ring is 1. The van der Waals surface area contributed by atoms with Crippen LogP contribution in [0.5, 0.6) is 0 Å². The van der Waals surface area contributed by atoms with Crippen molar-refractivity contribution in [2.75, 3.05) is 17.6 Å². The van der Waals surface area contributed by atoms with Gasteiger partial charge < -0.3 is 16.2 Å². The molecule has 2 rings (SSSR count). The van der Waals surface area contributed by atoms with E-state index in [0.29, 0.717) is 30.8 Å². The van der Waals surface area contributed by atoms with E-state index in [1.807, 2.05) is 0 Å². The van der Waals surface area contributed by atoms with Crippen LogP contribution in [0.15, 0.2) is 22.7 Å². The van der Waals surface area contributed by atoms with Gasteiger partial charge in [0.2, 0.25) is 5.91 Å². The number of amides is 2. The van der Waals surface area contributed by atoms with Crippen molar-refractivity contribution in [3.05, 3.63) is 22.7 Å². The Labute approximate surface area is 118 Å². The maximum Gasteiger partial charge on any atom is 0.407 e. The van der Waals surface area contributed by atoms with Crippen LogP contribution in [0.1, 0.15) is 12.8 Å². The Morgan fingerprint density at radius 1 is 1.47 bits per heavy atom. The number of carboxylic acid groups (broad SMARTS) is 1. The van der Waals surface area contributed by atoms with E-state index in [1.54, 1.807) is 18.2 Å². The highest BCUT2D eigenvalue weighted by Crippen LogP contribution is 2.25. The molecule has 1 aliphatic heterocycles. The van der Waals surface area contributed by atoms with E-state index in [0.717, 1.165) is 9.37 Å². The number of anilines is 2. The third-order valence-corrected chi connectivity index (χ3v) is 3.57. The van der Waals surface area contributed by atoms with Crippen molar-refractivity contribution in [2.24, 2.45) is 0 Å². The Balaban J connectivity index is 2.12. The minimum Gasteiger partial charge on any atom is -0.465 e. The van der Waals surface area contributed by atoms with Gasteiger partial charge in [-0.3, -0.25) is 9.69 Å². The number of carbonyl (C=O) groups excluding carboxylic acids is 1. The molecule has 0 spiro atoms. The molecule has 1 atom stereocenters. The Kier molecular flexibility index (Phi) is 3.94. The third kappa shape index (κ3) is 2.98. The molecule has 0 aromatic heterocycles. The predicted molar refractivity (Wildman–Crippen MR) is 74.9 cm³/mol. The van der Waals surface area contributed by atoms with Crippen LogP contribution in [0.3, 0.4) is 0 Å². The predicted octanol–water partition coefficient (Wildman–Crippen LogP) is 2.11. The van der Waals surface area contributed by atoms with E-state index in [2.05, 4.69) is 21.2 Å². The van der Waals surface area contributed by atoms with Crippen LogP contribution in [0.25, 0.3) is 0 Å². The maximum atomic E-state index is 12.1. The third-order valence-electron chi connectivity index (χ3n) is 3.07. The molecule has 102 valence electrons. The van der Waals surface area contributed by atoms with Crippen molar-refractivity contribution in [3.8, 4) is 0 Å². The van der Waals surface area contributed by atoms with Gasteiger partial charge in [0, 0.05) is 11.0 Å². The van der Waals surface area contributed by atoms with Crippen molar-refractivity contribution in [2.45, 2.75) is 18.9 Å². The van der Waals surface area contributed by atoms with Gasteiger partial charge in [0.1, 0.15) is 6.04 Å². The van der Waals surface area contributed by atoms with E-state index < -0.39 is 12.1 Å². The fourth-order valence-corrected chi connectivity index (χ4v) is 2.48. The summed E-state index contributed by atoms with van der Waals surface area (Å²) >= 11 is 3.29. The second-order valence-corrected chi connectivity index (χ2v) is 5.27. The van der Waals surface area contributed by atoms with E-state index in [-0.39, 0.29) is 5.91 Å². The lowest BCUT2D eigenvalue weighted by Gasteiger charge is -2.21.